The van der Waals surface area contributed by atoms with Crippen molar-refractivity contribution in [3.8, 4) is 0 Å². The largest absolute Gasteiger partial charge is 0.368 e. The molecule has 1 heterocycles. The summed E-state index contributed by atoms with van der Waals surface area (Å²) in [6, 6.07) is 0.617. The first-order valence-corrected chi connectivity index (χ1v) is 6.93. The lowest BCUT2D eigenvalue weighted by Gasteiger charge is -2.32. The van der Waals surface area contributed by atoms with Gasteiger partial charge in [0.25, 0.3) is 0 Å². The van der Waals surface area contributed by atoms with E-state index in [0.29, 0.717) is 0 Å². The number of amides is 1. The summed E-state index contributed by atoms with van der Waals surface area (Å²) in [6.45, 7) is 2.22. The van der Waals surface area contributed by atoms with E-state index in [4.69, 9.17) is 5.73 Å². The Morgan fingerprint density at radius 2 is 2.18 bits per heavy atom. The highest BCUT2D eigenvalue weighted by molar-refractivity contribution is 5.79. The Morgan fingerprint density at radius 1 is 1.41 bits per heavy atom. The summed E-state index contributed by atoms with van der Waals surface area (Å²) in [7, 11) is 1.81. The van der Waals surface area contributed by atoms with Crippen molar-refractivity contribution in [3.63, 3.8) is 0 Å². The van der Waals surface area contributed by atoms with Crippen LogP contribution in [0.25, 0.3) is 0 Å². The summed E-state index contributed by atoms with van der Waals surface area (Å²) in [6.07, 6.45) is 7.75. The highest BCUT2D eigenvalue weighted by Gasteiger charge is 2.35. The molecule has 1 aliphatic carbocycles. The summed E-state index contributed by atoms with van der Waals surface area (Å²) in [5.74, 6) is 0.692. The second kappa shape index (κ2) is 5.83. The molecule has 1 aliphatic heterocycles. The third kappa shape index (κ3) is 2.99. The lowest BCUT2D eigenvalue weighted by molar-refractivity contribution is -0.120. The van der Waals surface area contributed by atoms with Crippen LogP contribution in [0.4, 0.5) is 0 Å². The Hall–Kier alpha value is -0.610. The number of fused-ring (bicyclic) bond motifs is 1. The first-order chi connectivity index (χ1) is 8.22. The van der Waals surface area contributed by atoms with Gasteiger partial charge in [0.1, 0.15) is 0 Å². The van der Waals surface area contributed by atoms with Gasteiger partial charge in [-0.05, 0) is 45.2 Å². The van der Waals surface area contributed by atoms with E-state index < -0.39 is 0 Å². The Labute approximate surface area is 104 Å². The van der Waals surface area contributed by atoms with Gasteiger partial charge in [0.05, 0.1) is 6.04 Å². The standard InChI is InChI=1S/C13H25N3O/c1-15-11(13(14)17)7-9-16-8-6-10-4-2-3-5-12(10)16/h10-12,15H,2-9H2,1H3,(H2,14,17). The molecule has 1 amide bonds. The number of likely N-dealkylation sites (N-methyl/N-ethyl adjacent to an activating group) is 1. The van der Waals surface area contributed by atoms with Crippen LogP contribution in [0.15, 0.2) is 0 Å². The molecule has 0 aromatic carbocycles. The van der Waals surface area contributed by atoms with Gasteiger partial charge in [0.15, 0.2) is 0 Å². The van der Waals surface area contributed by atoms with Crippen LogP contribution < -0.4 is 11.1 Å². The predicted molar refractivity (Wildman–Crippen MR) is 68.6 cm³/mol. The van der Waals surface area contributed by atoms with E-state index in [1.54, 1.807) is 0 Å². The number of primary amides is 1. The zero-order chi connectivity index (χ0) is 12.3. The second-order valence-electron chi connectivity index (χ2n) is 5.47. The maximum Gasteiger partial charge on any atom is 0.234 e. The maximum atomic E-state index is 11.2. The van der Waals surface area contributed by atoms with Gasteiger partial charge in [-0.1, -0.05) is 12.8 Å². The molecule has 0 aromatic rings. The normalized spacial score (nSPS) is 31.1. The molecule has 98 valence electrons. The average molecular weight is 239 g/mol. The lowest BCUT2D eigenvalue weighted by Crippen LogP contribution is -2.43. The van der Waals surface area contributed by atoms with Crippen LogP contribution in [0.3, 0.4) is 0 Å². The molecule has 3 atom stereocenters. The van der Waals surface area contributed by atoms with Crippen molar-refractivity contribution in [2.75, 3.05) is 20.1 Å². The van der Waals surface area contributed by atoms with Gasteiger partial charge in [-0.3, -0.25) is 4.79 Å². The zero-order valence-corrected chi connectivity index (χ0v) is 10.8. The number of hydrogen-bond donors (Lipinski definition) is 2. The Bertz CT molecular complexity index is 269. The highest BCUT2D eigenvalue weighted by Crippen LogP contribution is 2.36. The molecular formula is C13H25N3O. The summed E-state index contributed by atoms with van der Waals surface area (Å²) in [4.78, 5) is 13.7. The van der Waals surface area contributed by atoms with Crippen LogP contribution in [0.5, 0.6) is 0 Å². The van der Waals surface area contributed by atoms with Crippen LogP contribution in [-0.2, 0) is 4.79 Å². The first-order valence-electron chi connectivity index (χ1n) is 6.93. The number of carbonyl (C=O) groups excluding carboxylic acids is 1. The topological polar surface area (TPSA) is 58.4 Å². The second-order valence-corrected chi connectivity index (χ2v) is 5.47. The third-order valence-electron chi connectivity index (χ3n) is 4.52. The molecule has 4 nitrogen and oxygen atoms in total. The van der Waals surface area contributed by atoms with Crippen LogP contribution in [0.2, 0.25) is 0 Å². The van der Waals surface area contributed by atoms with Crippen LogP contribution in [-0.4, -0.2) is 43.0 Å². The molecule has 1 saturated heterocycles. The van der Waals surface area contributed by atoms with Crippen molar-refractivity contribution in [2.24, 2.45) is 11.7 Å². The van der Waals surface area contributed by atoms with Gasteiger partial charge in [0, 0.05) is 12.6 Å². The van der Waals surface area contributed by atoms with Crippen LogP contribution in [0.1, 0.15) is 38.5 Å². The van der Waals surface area contributed by atoms with Crippen LogP contribution >= 0.6 is 0 Å². The highest BCUT2D eigenvalue weighted by atomic mass is 16.1. The molecule has 4 heteroatoms. The summed E-state index contributed by atoms with van der Waals surface area (Å²) >= 11 is 0. The van der Waals surface area contributed by atoms with E-state index in [1.165, 1.54) is 38.6 Å². The number of nitrogens with zero attached hydrogens (tertiary/aromatic N) is 1. The molecule has 0 spiro atoms. The SMILES string of the molecule is CNC(CCN1CCC2CCCCC21)C(N)=O. The van der Waals surface area contributed by atoms with Crippen molar-refractivity contribution < 1.29 is 4.79 Å². The molecule has 0 radical (unpaired) electrons. The van der Waals surface area contributed by atoms with Crippen molar-refractivity contribution in [1.29, 1.82) is 0 Å². The molecule has 1 saturated carbocycles. The van der Waals surface area contributed by atoms with E-state index in [0.717, 1.165) is 24.9 Å². The number of likely N-dealkylation sites (tertiary alicyclic amines) is 1. The van der Waals surface area contributed by atoms with Crippen molar-refractivity contribution in [1.82, 2.24) is 10.2 Å². The molecule has 17 heavy (non-hydrogen) atoms. The summed E-state index contributed by atoms with van der Waals surface area (Å²) < 4.78 is 0. The Kier molecular flexibility index (Phi) is 4.40. The zero-order valence-electron chi connectivity index (χ0n) is 10.8. The van der Waals surface area contributed by atoms with Crippen molar-refractivity contribution in [2.45, 2.75) is 50.6 Å². The molecular weight excluding hydrogens is 214 g/mol. The molecule has 3 unspecified atom stereocenters. The molecule has 0 bridgehead atoms. The van der Waals surface area contributed by atoms with Gasteiger partial charge in [0.2, 0.25) is 5.91 Å². The summed E-state index contributed by atoms with van der Waals surface area (Å²) in [5, 5.41) is 3.00. The Balaban J connectivity index is 1.81. The fourth-order valence-corrected chi connectivity index (χ4v) is 3.50. The predicted octanol–water partition coefficient (Wildman–Crippen LogP) is 0.714. The monoisotopic (exact) mass is 239 g/mol. The number of carbonyl (C=O) groups is 1. The van der Waals surface area contributed by atoms with E-state index in [1.807, 2.05) is 7.05 Å². The average Bonchev–Trinajstić information content (AvgIpc) is 2.73. The van der Waals surface area contributed by atoms with Crippen molar-refractivity contribution in [3.05, 3.63) is 0 Å². The van der Waals surface area contributed by atoms with Gasteiger partial charge in [-0.2, -0.15) is 0 Å². The van der Waals surface area contributed by atoms with Gasteiger partial charge in [-0.25, -0.2) is 0 Å². The molecule has 0 aromatic heterocycles. The molecule has 2 aliphatic rings. The van der Waals surface area contributed by atoms with Gasteiger partial charge >= 0.3 is 0 Å². The third-order valence-corrected chi connectivity index (χ3v) is 4.52. The number of nitrogens with one attached hydrogen (secondary N) is 1. The fraction of sp³-hybridized carbons (Fsp3) is 0.923. The van der Waals surface area contributed by atoms with Crippen LogP contribution in [0, 0.1) is 5.92 Å². The van der Waals surface area contributed by atoms with Gasteiger partial charge < -0.3 is 16.0 Å². The van der Waals surface area contributed by atoms with E-state index in [-0.39, 0.29) is 11.9 Å². The van der Waals surface area contributed by atoms with Gasteiger partial charge in [-0.15, -0.1) is 0 Å². The van der Waals surface area contributed by atoms with E-state index >= 15 is 0 Å². The number of nitrogens with two attached hydrogens (primary N) is 1. The van der Waals surface area contributed by atoms with E-state index in [2.05, 4.69) is 10.2 Å². The summed E-state index contributed by atoms with van der Waals surface area (Å²) in [5.41, 5.74) is 5.34. The smallest absolute Gasteiger partial charge is 0.234 e. The lowest BCUT2D eigenvalue weighted by atomic mass is 9.85. The molecule has 2 fully saturated rings. The minimum Gasteiger partial charge on any atom is -0.368 e. The fourth-order valence-electron chi connectivity index (χ4n) is 3.50. The molecule has 2 rings (SSSR count). The van der Waals surface area contributed by atoms with Crippen molar-refractivity contribution >= 4 is 5.91 Å². The number of rotatable bonds is 5. The number of hydrogen-bond acceptors (Lipinski definition) is 3. The Morgan fingerprint density at radius 3 is 2.88 bits per heavy atom. The minimum atomic E-state index is -0.230. The van der Waals surface area contributed by atoms with E-state index in [9.17, 15) is 4.79 Å². The first kappa shape index (κ1) is 12.8. The molecule has 3 N–H and O–H groups in total. The quantitative estimate of drug-likeness (QED) is 0.743. The minimum absolute atomic E-state index is 0.169. The maximum absolute atomic E-state index is 11.2.